The lowest BCUT2D eigenvalue weighted by Gasteiger charge is -2.12. The van der Waals surface area contributed by atoms with Gasteiger partial charge in [0, 0.05) is 18.3 Å². The number of aromatic nitrogens is 2. The van der Waals surface area contributed by atoms with E-state index in [0.717, 1.165) is 28.9 Å². The zero-order valence-electron chi connectivity index (χ0n) is 19.3. The molecule has 0 radical (unpaired) electrons. The summed E-state index contributed by atoms with van der Waals surface area (Å²) in [5.41, 5.74) is 4.11. The van der Waals surface area contributed by atoms with E-state index < -0.39 is 0 Å². The first-order chi connectivity index (χ1) is 16.0. The molecule has 0 saturated heterocycles. The van der Waals surface area contributed by atoms with Gasteiger partial charge < -0.3 is 19.4 Å². The first kappa shape index (κ1) is 24.2. The molecule has 0 aliphatic carbocycles. The zero-order valence-corrected chi connectivity index (χ0v) is 19.3. The highest BCUT2D eigenvalue weighted by molar-refractivity contribution is 5.93. The molecule has 0 bridgehead atoms. The second-order valence-electron chi connectivity index (χ2n) is 7.65. The van der Waals surface area contributed by atoms with Crippen molar-refractivity contribution in [3.63, 3.8) is 0 Å². The molecule has 3 aromatic rings. The van der Waals surface area contributed by atoms with Crippen LogP contribution in [0.2, 0.25) is 0 Å². The highest BCUT2D eigenvalue weighted by Crippen LogP contribution is 2.26. The number of imidazole rings is 1. The van der Waals surface area contributed by atoms with Gasteiger partial charge in [0.05, 0.1) is 31.4 Å². The van der Waals surface area contributed by atoms with Crippen LogP contribution in [0.15, 0.2) is 60.6 Å². The van der Waals surface area contributed by atoms with Crippen molar-refractivity contribution in [1.82, 2.24) is 14.9 Å². The van der Waals surface area contributed by atoms with E-state index in [4.69, 9.17) is 9.47 Å². The molecule has 7 heteroatoms. The highest BCUT2D eigenvalue weighted by Gasteiger charge is 2.12. The fourth-order valence-electron chi connectivity index (χ4n) is 3.49. The molecule has 0 atom stereocenters. The van der Waals surface area contributed by atoms with Crippen LogP contribution in [0.1, 0.15) is 36.6 Å². The van der Waals surface area contributed by atoms with Crippen LogP contribution in [0, 0.1) is 12.7 Å². The average molecular weight is 452 g/mol. The van der Waals surface area contributed by atoms with Gasteiger partial charge in [0.1, 0.15) is 11.6 Å². The molecule has 33 heavy (non-hydrogen) atoms. The number of nitrogens with zero attached hydrogens (tertiary/aromatic N) is 2. The molecule has 1 heterocycles. The number of rotatable bonds is 11. The van der Waals surface area contributed by atoms with Crippen molar-refractivity contribution >= 4 is 12.0 Å². The SMILES string of the molecule is CCOC(=O)C(=Cc1ccc(-n2cnc(C)c2)c(OC)c1)CCCNCc1cccc(F)c1. The van der Waals surface area contributed by atoms with Crippen molar-refractivity contribution in [2.45, 2.75) is 33.2 Å². The number of carbonyl (C=O) groups is 1. The monoisotopic (exact) mass is 451 g/mol. The minimum Gasteiger partial charge on any atom is -0.495 e. The Kier molecular flexibility index (Phi) is 8.78. The van der Waals surface area contributed by atoms with E-state index in [-0.39, 0.29) is 11.8 Å². The quantitative estimate of drug-likeness (QED) is 0.257. The summed E-state index contributed by atoms with van der Waals surface area (Å²) >= 11 is 0. The molecule has 2 aromatic carbocycles. The third kappa shape index (κ3) is 7.02. The number of nitrogens with one attached hydrogen (secondary N) is 1. The van der Waals surface area contributed by atoms with Crippen molar-refractivity contribution in [2.24, 2.45) is 0 Å². The van der Waals surface area contributed by atoms with Gasteiger partial charge in [-0.15, -0.1) is 0 Å². The first-order valence-electron chi connectivity index (χ1n) is 11.0. The topological polar surface area (TPSA) is 65.4 Å². The minimum absolute atomic E-state index is 0.244. The summed E-state index contributed by atoms with van der Waals surface area (Å²) in [6, 6.07) is 12.3. The van der Waals surface area contributed by atoms with E-state index in [1.54, 1.807) is 26.4 Å². The fourth-order valence-corrected chi connectivity index (χ4v) is 3.49. The third-order valence-corrected chi connectivity index (χ3v) is 5.09. The van der Waals surface area contributed by atoms with Crippen molar-refractivity contribution < 1.29 is 18.7 Å². The normalized spacial score (nSPS) is 11.5. The van der Waals surface area contributed by atoms with E-state index >= 15 is 0 Å². The van der Waals surface area contributed by atoms with Gasteiger partial charge in [-0.1, -0.05) is 18.2 Å². The van der Waals surface area contributed by atoms with Gasteiger partial charge in [-0.2, -0.15) is 0 Å². The van der Waals surface area contributed by atoms with Gasteiger partial charge in [-0.3, -0.25) is 0 Å². The largest absolute Gasteiger partial charge is 0.495 e. The number of esters is 1. The molecule has 0 amide bonds. The molecule has 0 unspecified atom stereocenters. The maximum Gasteiger partial charge on any atom is 0.334 e. The molecular weight excluding hydrogens is 421 g/mol. The molecule has 1 N–H and O–H groups in total. The molecule has 3 rings (SSSR count). The fraction of sp³-hybridized carbons (Fsp3) is 0.308. The van der Waals surface area contributed by atoms with E-state index in [1.165, 1.54) is 12.1 Å². The summed E-state index contributed by atoms with van der Waals surface area (Å²) < 4.78 is 26.0. The van der Waals surface area contributed by atoms with Crippen LogP contribution in [-0.4, -0.2) is 35.8 Å². The average Bonchev–Trinajstić information content (AvgIpc) is 3.24. The van der Waals surface area contributed by atoms with E-state index in [1.807, 2.05) is 48.0 Å². The summed E-state index contributed by atoms with van der Waals surface area (Å²) in [5.74, 6) is 0.114. The van der Waals surface area contributed by atoms with Crippen LogP contribution in [0.3, 0.4) is 0 Å². The summed E-state index contributed by atoms with van der Waals surface area (Å²) in [7, 11) is 1.62. The third-order valence-electron chi connectivity index (χ3n) is 5.09. The Bertz CT molecular complexity index is 1110. The van der Waals surface area contributed by atoms with E-state index in [2.05, 4.69) is 10.3 Å². The maximum absolute atomic E-state index is 13.3. The van der Waals surface area contributed by atoms with Crippen molar-refractivity contribution in [1.29, 1.82) is 0 Å². The Labute approximate surface area is 194 Å². The van der Waals surface area contributed by atoms with E-state index in [0.29, 0.717) is 37.4 Å². The molecule has 0 aliphatic heterocycles. The standard InChI is InChI=1S/C26H30FN3O3/c1-4-33-26(31)22(8-6-12-28-16-21-7-5-9-23(27)14-21)13-20-10-11-24(25(15-20)32-3)30-17-19(2)29-18-30/h5,7,9-11,13-15,17-18,28H,4,6,8,12,16H2,1-3H3. The van der Waals surface area contributed by atoms with Gasteiger partial charge in [0.2, 0.25) is 0 Å². The summed E-state index contributed by atoms with van der Waals surface area (Å²) in [6.45, 7) is 5.30. The lowest BCUT2D eigenvalue weighted by molar-refractivity contribution is -0.138. The minimum atomic E-state index is -0.323. The van der Waals surface area contributed by atoms with Crippen molar-refractivity contribution in [3.05, 3.63) is 83.2 Å². The smallest absolute Gasteiger partial charge is 0.334 e. The van der Waals surface area contributed by atoms with Gasteiger partial charge in [-0.05, 0) is 74.7 Å². The van der Waals surface area contributed by atoms with Crippen LogP contribution >= 0.6 is 0 Å². The van der Waals surface area contributed by atoms with Crippen LogP contribution in [0.5, 0.6) is 5.75 Å². The molecule has 174 valence electrons. The molecule has 1 aromatic heterocycles. The molecule has 0 fully saturated rings. The maximum atomic E-state index is 13.3. The number of aryl methyl sites for hydroxylation is 1. The molecule has 6 nitrogen and oxygen atoms in total. The number of hydrogen-bond acceptors (Lipinski definition) is 5. The van der Waals surface area contributed by atoms with Crippen LogP contribution in [0.4, 0.5) is 4.39 Å². The summed E-state index contributed by atoms with van der Waals surface area (Å²) in [4.78, 5) is 16.8. The van der Waals surface area contributed by atoms with Gasteiger partial charge in [0.25, 0.3) is 0 Å². The molecular formula is C26H30FN3O3. The van der Waals surface area contributed by atoms with Gasteiger partial charge in [-0.25, -0.2) is 14.2 Å². The Hall–Kier alpha value is -3.45. The zero-order chi connectivity index (χ0) is 23.6. The van der Waals surface area contributed by atoms with Crippen LogP contribution in [-0.2, 0) is 16.1 Å². The van der Waals surface area contributed by atoms with Gasteiger partial charge in [0.15, 0.2) is 0 Å². The van der Waals surface area contributed by atoms with Crippen molar-refractivity contribution in [2.75, 3.05) is 20.3 Å². The summed E-state index contributed by atoms with van der Waals surface area (Å²) in [6.07, 6.45) is 6.80. The lowest BCUT2D eigenvalue weighted by Crippen LogP contribution is -2.16. The highest BCUT2D eigenvalue weighted by atomic mass is 19.1. The number of ether oxygens (including phenoxy) is 2. The molecule has 0 spiro atoms. The van der Waals surface area contributed by atoms with E-state index in [9.17, 15) is 9.18 Å². The predicted molar refractivity (Wildman–Crippen MR) is 127 cm³/mol. The number of benzene rings is 2. The Morgan fingerprint density at radius 3 is 2.79 bits per heavy atom. The first-order valence-corrected chi connectivity index (χ1v) is 11.0. The second-order valence-corrected chi connectivity index (χ2v) is 7.65. The van der Waals surface area contributed by atoms with Crippen LogP contribution in [0.25, 0.3) is 11.8 Å². The Morgan fingerprint density at radius 1 is 1.24 bits per heavy atom. The van der Waals surface area contributed by atoms with Crippen LogP contribution < -0.4 is 10.1 Å². The number of carbonyl (C=O) groups excluding carboxylic acids is 1. The predicted octanol–water partition coefficient (Wildman–Crippen LogP) is 4.84. The number of halogens is 1. The van der Waals surface area contributed by atoms with Gasteiger partial charge >= 0.3 is 5.97 Å². The second kappa shape index (κ2) is 12.0. The lowest BCUT2D eigenvalue weighted by atomic mass is 10.1. The van der Waals surface area contributed by atoms with Crippen molar-refractivity contribution in [3.8, 4) is 11.4 Å². The number of hydrogen-bond donors (Lipinski definition) is 1. The Morgan fingerprint density at radius 2 is 2.09 bits per heavy atom. The summed E-state index contributed by atoms with van der Waals surface area (Å²) in [5, 5.41) is 3.29. The Balaban J connectivity index is 1.68. The number of methoxy groups -OCH3 is 1. The molecule has 0 saturated carbocycles. The molecule has 0 aliphatic rings.